The molecule has 1 heterocycles. The van der Waals surface area contributed by atoms with Crippen LogP contribution in [0.15, 0.2) is 36.7 Å². The van der Waals surface area contributed by atoms with Crippen molar-refractivity contribution in [2.24, 2.45) is 0 Å². The number of hydrogen-bond donors (Lipinski definition) is 1. The van der Waals surface area contributed by atoms with Gasteiger partial charge in [-0.1, -0.05) is 17.7 Å². The summed E-state index contributed by atoms with van der Waals surface area (Å²) in [5.74, 6) is 1.33. The maximum atomic E-state index is 5.60. The number of hydrogen-bond acceptors (Lipinski definition) is 4. The minimum Gasteiger partial charge on any atom is -0.436 e. The van der Waals surface area contributed by atoms with Crippen LogP contribution in [-0.2, 0) is 0 Å². The fourth-order valence-corrected chi connectivity index (χ4v) is 1.13. The van der Waals surface area contributed by atoms with Gasteiger partial charge in [0.25, 0.3) is 5.88 Å². The van der Waals surface area contributed by atoms with Gasteiger partial charge in [0.15, 0.2) is 5.82 Å². The largest absolute Gasteiger partial charge is 0.436 e. The smallest absolute Gasteiger partial charge is 0.262 e. The van der Waals surface area contributed by atoms with E-state index in [9.17, 15) is 0 Å². The van der Waals surface area contributed by atoms with Gasteiger partial charge in [-0.3, -0.25) is 0 Å². The predicted molar refractivity (Wildman–Crippen MR) is 57.7 cm³/mol. The van der Waals surface area contributed by atoms with Crippen LogP contribution in [-0.4, -0.2) is 9.97 Å². The molecule has 76 valence electrons. The average molecular weight is 201 g/mol. The van der Waals surface area contributed by atoms with E-state index in [0.717, 1.165) is 0 Å². The van der Waals surface area contributed by atoms with E-state index in [1.807, 2.05) is 31.2 Å². The first-order chi connectivity index (χ1) is 7.25. The SMILES string of the molecule is Cc1ccc(Oc2nccnc2N)cc1. The van der Waals surface area contributed by atoms with E-state index < -0.39 is 0 Å². The van der Waals surface area contributed by atoms with Crippen molar-refractivity contribution in [1.29, 1.82) is 0 Å². The van der Waals surface area contributed by atoms with Crippen molar-refractivity contribution in [1.82, 2.24) is 9.97 Å². The van der Waals surface area contributed by atoms with Crippen LogP contribution in [0.4, 0.5) is 5.82 Å². The van der Waals surface area contributed by atoms with E-state index in [1.54, 1.807) is 6.20 Å². The molecule has 1 aromatic carbocycles. The summed E-state index contributed by atoms with van der Waals surface area (Å²) in [6.45, 7) is 2.01. The highest BCUT2D eigenvalue weighted by molar-refractivity contribution is 5.42. The number of ether oxygens (including phenoxy) is 1. The Bertz CT molecular complexity index is 454. The molecule has 0 unspecified atom stereocenters. The molecule has 0 spiro atoms. The third-order valence-electron chi connectivity index (χ3n) is 1.93. The van der Waals surface area contributed by atoms with E-state index >= 15 is 0 Å². The summed E-state index contributed by atoms with van der Waals surface area (Å²) < 4.78 is 5.47. The second kappa shape index (κ2) is 3.96. The van der Waals surface area contributed by atoms with Gasteiger partial charge in [-0.05, 0) is 19.1 Å². The first-order valence-electron chi connectivity index (χ1n) is 4.57. The van der Waals surface area contributed by atoms with Gasteiger partial charge in [0.1, 0.15) is 5.75 Å². The van der Waals surface area contributed by atoms with Crippen LogP contribution in [0.5, 0.6) is 11.6 Å². The van der Waals surface area contributed by atoms with Gasteiger partial charge >= 0.3 is 0 Å². The molecule has 0 amide bonds. The van der Waals surface area contributed by atoms with Crippen molar-refractivity contribution in [3.05, 3.63) is 42.2 Å². The zero-order valence-electron chi connectivity index (χ0n) is 8.34. The topological polar surface area (TPSA) is 61.0 Å². The van der Waals surface area contributed by atoms with Crippen LogP contribution >= 0.6 is 0 Å². The number of aromatic nitrogens is 2. The zero-order chi connectivity index (χ0) is 10.7. The lowest BCUT2D eigenvalue weighted by atomic mass is 10.2. The van der Waals surface area contributed by atoms with E-state index in [-0.39, 0.29) is 5.82 Å². The van der Waals surface area contributed by atoms with Gasteiger partial charge in [0.05, 0.1) is 0 Å². The Morgan fingerprint density at radius 1 is 1.07 bits per heavy atom. The lowest BCUT2D eigenvalue weighted by molar-refractivity contribution is 0.463. The number of benzene rings is 1. The molecule has 15 heavy (non-hydrogen) atoms. The Morgan fingerprint density at radius 3 is 2.40 bits per heavy atom. The van der Waals surface area contributed by atoms with Crippen LogP contribution in [0.2, 0.25) is 0 Å². The highest BCUT2D eigenvalue weighted by atomic mass is 16.5. The van der Waals surface area contributed by atoms with Gasteiger partial charge in [-0.15, -0.1) is 0 Å². The predicted octanol–water partition coefficient (Wildman–Crippen LogP) is 2.16. The molecule has 0 saturated carbocycles. The quantitative estimate of drug-likeness (QED) is 0.808. The van der Waals surface area contributed by atoms with Crippen LogP contribution < -0.4 is 10.5 Å². The van der Waals surface area contributed by atoms with Gasteiger partial charge in [0, 0.05) is 12.4 Å². The first kappa shape index (κ1) is 9.45. The van der Waals surface area contributed by atoms with Crippen molar-refractivity contribution in [2.45, 2.75) is 6.92 Å². The minimum absolute atomic E-state index is 0.290. The van der Waals surface area contributed by atoms with Gasteiger partial charge in [0.2, 0.25) is 0 Å². The molecular weight excluding hydrogens is 190 g/mol. The molecule has 0 radical (unpaired) electrons. The number of aryl methyl sites for hydroxylation is 1. The molecule has 1 aromatic heterocycles. The number of nitrogens with two attached hydrogens (primary N) is 1. The fourth-order valence-electron chi connectivity index (χ4n) is 1.13. The minimum atomic E-state index is 0.290. The Hall–Kier alpha value is -2.10. The monoisotopic (exact) mass is 201 g/mol. The van der Waals surface area contributed by atoms with Gasteiger partial charge < -0.3 is 10.5 Å². The Balaban J connectivity index is 2.22. The number of anilines is 1. The Morgan fingerprint density at radius 2 is 1.73 bits per heavy atom. The Kier molecular flexibility index (Phi) is 2.49. The second-order valence-electron chi connectivity index (χ2n) is 3.16. The van der Waals surface area contributed by atoms with Crippen LogP contribution in [0.25, 0.3) is 0 Å². The van der Waals surface area contributed by atoms with E-state index in [1.165, 1.54) is 11.8 Å². The summed E-state index contributed by atoms with van der Waals surface area (Å²) in [4.78, 5) is 7.87. The lowest BCUT2D eigenvalue weighted by Crippen LogP contribution is -1.96. The molecular formula is C11H11N3O. The van der Waals surface area contributed by atoms with Crippen molar-refractivity contribution in [2.75, 3.05) is 5.73 Å². The maximum absolute atomic E-state index is 5.60. The lowest BCUT2D eigenvalue weighted by Gasteiger charge is -2.05. The fraction of sp³-hybridized carbons (Fsp3) is 0.0909. The average Bonchev–Trinajstić information content (AvgIpc) is 2.25. The van der Waals surface area contributed by atoms with E-state index in [0.29, 0.717) is 11.6 Å². The first-order valence-corrected chi connectivity index (χ1v) is 4.57. The van der Waals surface area contributed by atoms with E-state index in [4.69, 9.17) is 10.5 Å². The molecule has 0 aliphatic carbocycles. The summed E-state index contributed by atoms with van der Waals surface area (Å²) >= 11 is 0. The highest BCUT2D eigenvalue weighted by Crippen LogP contribution is 2.22. The summed E-state index contributed by atoms with van der Waals surface area (Å²) in [6, 6.07) is 7.65. The normalized spacial score (nSPS) is 9.93. The number of rotatable bonds is 2. The van der Waals surface area contributed by atoms with Crippen molar-refractivity contribution in [3.63, 3.8) is 0 Å². The number of nitrogen functional groups attached to an aromatic ring is 1. The zero-order valence-corrected chi connectivity index (χ0v) is 8.34. The third-order valence-corrected chi connectivity index (χ3v) is 1.93. The van der Waals surface area contributed by atoms with Crippen LogP contribution in [0.1, 0.15) is 5.56 Å². The summed E-state index contributed by atoms with van der Waals surface area (Å²) in [6.07, 6.45) is 3.07. The van der Waals surface area contributed by atoms with Crippen LogP contribution in [0.3, 0.4) is 0 Å². The van der Waals surface area contributed by atoms with Gasteiger partial charge in [-0.25, -0.2) is 9.97 Å². The van der Waals surface area contributed by atoms with Crippen molar-refractivity contribution in [3.8, 4) is 11.6 Å². The third kappa shape index (κ3) is 2.22. The second-order valence-corrected chi connectivity index (χ2v) is 3.16. The molecule has 4 nitrogen and oxygen atoms in total. The molecule has 0 bridgehead atoms. The van der Waals surface area contributed by atoms with Crippen molar-refractivity contribution < 1.29 is 4.74 Å². The molecule has 0 aliphatic rings. The highest BCUT2D eigenvalue weighted by Gasteiger charge is 2.02. The van der Waals surface area contributed by atoms with Gasteiger partial charge in [-0.2, -0.15) is 0 Å². The number of nitrogens with zero attached hydrogens (tertiary/aromatic N) is 2. The van der Waals surface area contributed by atoms with Crippen molar-refractivity contribution >= 4 is 5.82 Å². The molecule has 0 saturated heterocycles. The summed E-state index contributed by atoms with van der Waals surface area (Å²) in [7, 11) is 0. The molecule has 4 heteroatoms. The molecule has 2 N–H and O–H groups in total. The van der Waals surface area contributed by atoms with Crippen LogP contribution in [0, 0.1) is 6.92 Å². The molecule has 0 fully saturated rings. The molecule has 0 aliphatic heterocycles. The summed E-state index contributed by atoms with van der Waals surface area (Å²) in [5, 5.41) is 0. The Labute approximate surface area is 87.7 Å². The molecule has 0 atom stereocenters. The maximum Gasteiger partial charge on any atom is 0.262 e. The van der Waals surface area contributed by atoms with E-state index in [2.05, 4.69) is 9.97 Å². The molecule has 2 rings (SSSR count). The summed E-state index contributed by atoms with van der Waals surface area (Å²) in [5.41, 5.74) is 6.78. The standard InChI is InChI=1S/C11H11N3O/c1-8-2-4-9(5-3-8)15-11-10(12)13-6-7-14-11/h2-7H,1H3,(H2,12,13). The molecule has 2 aromatic rings.